The molecule has 2 N–H and O–H groups in total. The van der Waals surface area contributed by atoms with Crippen LogP contribution < -0.4 is 24.5 Å². The number of hydrogen-bond acceptors (Lipinski definition) is 8. The van der Waals surface area contributed by atoms with Crippen molar-refractivity contribution in [3.05, 3.63) is 130 Å². The lowest BCUT2D eigenvalue weighted by Gasteiger charge is -2.40. The first-order chi connectivity index (χ1) is 20.5. The summed E-state index contributed by atoms with van der Waals surface area (Å²) in [6.07, 6.45) is 3.24. The largest absolute Gasteiger partial charge is 0.497 e. The summed E-state index contributed by atoms with van der Waals surface area (Å²) in [5.74, 6) is 1.37. The van der Waals surface area contributed by atoms with Gasteiger partial charge in [0.15, 0.2) is 11.2 Å². The van der Waals surface area contributed by atoms with Crippen molar-refractivity contribution in [2.45, 2.75) is 17.1 Å². The number of aromatic nitrogens is 3. The molecule has 1 aliphatic heterocycles. The third-order valence-corrected chi connectivity index (χ3v) is 8.26. The predicted octanol–water partition coefficient (Wildman–Crippen LogP) is 4.53. The van der Waals surface area contributed by atoms with E-state index in [1.54, 1.807) is 63.0 Å². The first-order valence-electron chi connectivity index (χ1n) is 13.4. The van der Waals surface area contributed by atoms with Crippen LogP contribution in [0, 0.1) is 0 Å². The zero-order chi connectivity index (χ0) is 29.1. The molecular weight excluding hydrogens is 534 g/mol. The lowest BCUT2D eigenvalue weighted by molar-refractivity contribution is -0.0909. The number of pyridine rings is 1. The van der Waals surface area contributed by atoms with Crippen molar-refractivity contribution >= 4 is 0 Å². The Hall–Kier alpha value is -5.15. The van der Waals surface area contributed by atoms with Crippen LogP contribution in [0.4, 0.5) is 0 Å². The van der Waals surface area contributed by atoms with Crippen LogP contribution in [0.15, 0.2) is 96.1 Å². The van der Waals surface area contributed by atoms with E-state index in [0.717, 1.165) is 5.56 Å². The minimum absolute atomic E-state index is 0.185. The molecule has 0 fully saturated rings. The first-order valence-corrected chi connectivity index (χ1v) is 13.4. The van der Waals surface area contributed by atoms with Crippen molar-refractivity contribution in [1.82, 2.24) is 15.0 Å². The number of methoxy groups -OCH3 is 3. The number of hydrogen-bond donors (Lipinski definition) is 2. The minimum atomic E-state index is -1.96. The van der Waals surface area contributed by atoms with Gasteiger partial charge in [0, 0.05) is 35.7 Å². The maximum absolute atomic E-state index is 14.2. The lowest BCUT2D eigenvalue weighted by atomic mass is 9.70. The molecule has 42 heavy (non-hydrogen) atoms. The van der Waals surface area contributed by atoms with Crippen LogP contribution in [0.3, 0.4) is 0 Å². The third-order valence-electron chi connectivity index (χ3n) is 8.26. The number of rotatable bonds is 6. The summed E-state index contributed by atoms with van der Waals surface area (Å²) in [6, 6.07) is 23.8. The van der Waals surface area contributed by atoms with Gasteiger partial charge in [-0.15, -0.1) is 0 Å². The van der Waals surface area contributed by atoms with Gasteiger partial charge >= 0.3 is 0 Å². The van der Waals surface area contributed by atoms with Crippen LogP contribution in [0.1, 0.15) is 33.9 Å². The second-order valence-corrected chi connectivity index (χ2v) is 10.2. The molecule has 0 spiro atoms. The second-order valence-electron chi connectivity index (χ2n) is 10.2. The molecule has 0 unspecified atom stereocenters. The highest BCUT2D eigenvalue weighted by Gasteiger charge is 2.73. The quantitative estimate of drug-likeness (QED) is 0.311. The highest BCUT2D eigenvalue weighted by molar-refractivity contribution is 5.69. The number of aliphatic hydroxyl groups is 1. The fraction of sp³-hybridized carbons (Fsp3) is 0.182. The molecule has 0 saturated carbocycles. The van der Waals surface area contributed by atoms with Crippen LogP contribution in [0.25, 0.3) is 11.4 Å². The van der Waals surface area contributed by atoms with Gasteiger partial charge in [-0.2, -0.15) is 0 Å². The molecule has 9 heteroatoms. The number of nitrogens with zero attached hydrogens (tertiary/aromatic N) is 2. The van der Waals surface area contributed by atoms with Gasteiger partial charge in [0.1, 0.15) is 28.8 Å². The van der Waals surface area contributed by atoms with E-state index in [2.05, 4.69) is 9.97 Å². The van der Waals surface area contributed by atoms with Crippen LogP contribution >= 0.6 is 0 Å². The molecule has 2 aromatic heterocycles. The zero-order valence-electron chi connectivity index (χ0n) is 23.1. The third kappa shape index (κ3) is 3.37. The Morgan fingerprint density at radius 1 is 0.881 bits per heavy atom. The molecule has 0 bridgehead atoms. The molecule has 0 amide bonds. The smallest absolute Gasteiger partial charge is 0.255 e. The summed E-state index contributed by atoms with van der Waals surface area (Å²) in [4.78, 5) is 26.2. The van der Waals surface area contributed by atoms with E-state index in [1.165, 1.54) is 7.11 Å². The van der Waals surface area contributed by atoms with Crippen molar-refractivity contribution in [3.63, 3.8) is 0 Å². The fourth-order valence-electron chi connectivity index (χ4n) is 6.47. The number of aromatic amines is 1. The molecule has 9 nitrogen and oxygen atoms in total. The molecular formula is C33H27N3O6. The standard InChI is InChI=1S/C33H27N3O6/c1-39-22-11-9-21(10-12-22)33-27(19-7-5-4-6-8-19)26-29(35-30(36-31(26)37)20-13-15-34-16-14-20)32(33,38)28-24(41-3)17-23(40-2)18-25(28)42-33/h4-18,27,38H,1-3H3,(H,35,36,37)/t27-,32+,33+/m1/s1. The summed E-state index contributed by atoms with van der Waals surface area (Å²) in [5, 5.41) is 13.4. The Morgan fingerprint density at radius 3 is 2.26 bits per heavy atom. The number of H-pyrrole nitrogens is 1. The molecule has 3 heterocycles. The summed E-state index contributed by atoms with van der Waals surface area (Å²) in [5.41, 5.74) is -0.997. The van der Waals surface area contributed by atoms with Gasteiger partial charge in [-0.3, -0.25) is 9.78 Å². The number of ether oxygens (including phenoxy) is 4. The molecule has 0 saturated heterocycles. The molecule has 7 rings (SSSR count). The van der Waals surface area contributed by atoms with Crippen molar-refractivity contribution in [1.29, 1.82) is 0 Å². The Morgan fingerprint density at radius 2 is 1.60 bits per heavy atom. The van der Waals surface area contributed by atoms with Crippen LogP contribution in [-0.2, 0) is 11.2 Å². The Balaban J connectivity index is 1.64. The van der Waals surface area contributed by atoms with E-state index >= 15 is 0 Å². The van der Waals surface area contributed by atoms with Crippen molar-refractivity contribution < 1.29 is 24.1 Å². The van der Waals surface area contributed by atoms with Gasteiger partial charge in [-0.1, -0.05) is 42.5 Å². The predicted molar refractivity (Wildman–Crippen MR) is 154 cm³/mol. The summed E-state index contributed by atoms with van der Waals surface area (Å²) in [7, 11) is 4.66. The minimum Gasteiger partial charge on any atom is -0.497 e. The summed E-state index contributed by atoms with van der Waals surface area (Å²) in [6.45, 7) is 0. The van der Waals surface area contributed by atoms with E-state index in [0.29, 0.717) is 51.1 Å². The van der Waals surface area contributed by atoms with E-state index in [4.69, 9.17) is 23.9 Å². The van der Waals surface area contributed by atoms with Crippen molar-refractivity contribution in [2.24, 2.45) is 0 Å². The van der Waals surface area contributed by atoms with Crippen LogP contribution in [-0.4, -0.2) is 41.4 Å². The Labute approximate surface area is 241 Å². The maximum Gasteiger partial charge on any atom is 0.255 e. The van der Waals surface area contributed by atoms with Gasteiger partial charge in [0.05, 0.1) is 44.1 Å². The SMILES string of the molecule is COc1ccc([C@@]23Oc4cc(OC)cc(OC)c4[C@]2(O)c2nc(-c4ccncc4)[nH]c(=O)c2[C@H]3c2ccccc2)cc1. The van der Waals surface area contributed by atoms with E-state index in [9.17, 15) is 9.90 Å². The van der Waals surface area contributed by atoms with E-state index in [1.807, 2.05) is 42.5 Å². The highest BCUT2D eigenvalue weighted by atomic mass is 16.5. The lowest BCUT2D eigenvalue weighted by Crippen LogP contribution is -2.49. The average Bonchev–Trinajstić information content (AvgIpc) is 3.44. The van der Waals surface area contributed by atoms with Gasteiger partial charge in [-0.05, 0) is 29.8 Å². The second kappa shape index (κ2) is 9.46. The summed E-state index contributed by atoms with van der Waals surface area (Å²) < 4.78 is 23.8. The van der Waals surface area contributed by atoms with Crippen molar-refractivity contribution in [3.8, 4) is 34.4 Å². The molecule has 2 aliphatic rings. The van der Waals surface area contributed by atoms with Crippen molar-refractivity contribution in [2.75, 3.05) is 21.3 Å². The number of fused-ring (bicyclic) bond motifs is 5. The Bertz CT molecular complexity index is 1860. The van der Waals surface area contributed by atoms with Gasteiger partial charge in [-0.25, -0.2) is 4.98 Å². The topological polar surface area (TPSA) is 116 Å². The Kier molecular flexibility index (Phi) is 5.81. The van der Waals surface area contributed by atoms with Crippen LogP contribution in [0.2, 0.25) is 0 Å². The molecule has 5 aromatic rings. The van der Waals surface area contributed by atoms with E-state index in [-0.39, 0.29) is 11.3 Å². The molecule has 3 atom stereocenters. The first kappa shape index (κ1) is 25.8. The molecule has 210 valence electrons. The molecule has 0 radical (unpaired) electrons. The zero-order valence-corrected chi connectivity index (χ0v) is 23.1. The normalized spacial score (nSPS) is 21.6. The van der Waals surface area contributed by atoms with Crippen LogP contribution in [0.5, 0.6) is 23.0 Å². The highest BCUT2D eigenvalue weighted by Crippen LogP contribution is 2.69. The van der Waals surface area contributed by atoms with E-state index < -0.39 is 17.1 Å². The van der Waals surface area contributed by atoms with Gasteiger partial charge < -0.3 is 29.0 Å². The number of benzene rings is 3. The fourth-order valence-corrected chi connectivity index (χ4v) is 6.47. The monoisotopic (exact) mass is 561 g/mol. The van der Waals surface area contributed by atoms with Gasteiger partial charge in [0.2, 0.25) is 0 Å². The molecule has 3 aromatic carbocycles. The average molecular weight is 562 g/mol. The summed E-state index contributed by atoms with van der Waals surface area (Å²) >= 11 is 0. The number of nitrogens with one attached hydrogen (secondary N) is 1. The van der Waals surface area contributed by atoms with Gasteiger partial charge in [0.25, 0.3) is 5.56 Å². The molecule has 1 aliphatic carbocycles. The maximum atomic E-state index is 14.2.